The lowest BCUT2D eigenvalue weighted by atomic mass is 9.87. The lowest BCUT2D eigenvalue weighted by Gasteiger charge is -2.39. The van der Waals surface area contributed by atoms with Gasteiger partial charge >= 0.3 is 5.97 Å². The third-order valence-corrected chi connectivity index (χ3v) is 7.69. The molecule has 0 aliphatic carbocycles. The van der Waals surface area contributed by atoms with Crippen molar-refractivity contribution in [2.75, 3.05) is 20.7 Å². The molecule has 3 aliphatic rings. The second-order valence-corrected chi connectivity index (χ2v) is 11.8. The van der Waals surface area contributed by atoms with E-state index in [2.05, 4.69) is 23.7 Å². The van der Waals surface area contributed by atoms with E-state index in [1.54, 1.807) is 32.1 Å². The molecular formula is C30H47N3O8. The largest absolute Gasteiger partial charge is 0.459 e. The average molecular weight is 578 g/mol. The molecule has 3 saturated heterocycles. The number of amides is 2. The Kier molecular flexibility index (Phi) is 11.7. The van der Waals surface area contributed by atoms with Gasteiger partial charge < -0.3 is 29.4 Å². The van der Waals surface area contributed by atoms with Gasteiger partial charge in [-0.3, -0.25) is 19.8 Å². The van der Waals surface area contributed by atoms with Gasteiger partial charge in [0.2, 0.25) is 11.8 Å². The molecule has 0 aromatic rings. The number of epoxide rings is 1. The third-order valence-electron chi connectivity index (χ3n) is 7.69. The van der Waals surface area contributed by atoms with E-state index in [0.717, 1.165) is 12.0 Å². The summed E-state index contributed by atoms with van der Waals surface area (Å²) in [6.07, 6.45) is 8.60. The lowest BCUT2D eigenvalue weighted by molar-refractivity contribution is -0.147. The molecule has 0 aromatic heterocycles. The highest BCUT2D eigenvalue weighted by Gasteiger charge is 2.58. The summed E-state index contributed by atoms with van der Waals surface area (Å²) < 4.78 is 23.0. The molecule has 0 bridgehead atoms. The summed E-state index contributed by atoms with van der Waals surface area (Å²) in [6.45, 7) is 9.54. The molecular weight excluding hydrogens is 530 g/mol. The first-order valence-corrected chi connectivity index (χ1v) is 14.4. The van der Waals surface area contributed by atoms with E-state index in [1.165, 1.54) is 13.0 Å². The number of nitrogens with one attached hydrogen (secondary N) is 2. The first-order valence-electron chi connectivity index (χ1n) is 14.4. The van der Waals surface area contributed by atoms with Gasteiger partial charge in [0.1, 0.15) is 23.9 Å². The molecule has 3 N–H and O–H groups in total. The van der Waals surface area contributed by atoms with Crippen LogP contribution < -0.4 is 10.7 Å². The maximum Gasteiger partial charge on any atom is 0.303 e. The Balaban J connectivity index is 1.50. The molecule has 3 rings (SSSR count). The van der Waals surface area contributed by atoms with E-state index in [-0.39, 0.29) is 48.5 Å². The molecule has 9 unspecified atom stereocenters. The number of carbonyl (C=O) groups is 3. The van der Waals surface area contributed by atoms with Gasteiger partial charge in [-0.05, 0) is 45.6 Å². The molecule has 0 saturated carbocycles. The van der Waals surface area contributed by atoms with Crippen molar-refractivity contribution < 1.29 is 38.4 Å². The maximum absolute atomic E-state index is 12.4. The number of hydrogen-bond donors (Lipinski definition) is 3. The number of aliphatic hydroxyl groups is 1. The first kappa shape index (κ1) is 32.9. The zero-order valence-electron chi connectivity index (χ0n) is 25.3. The number of ether oxygens (including phenoxy) is 4. The Bertz CT molecular complexity index is 1020. The summed E-state index contributed by atoms with van der Waals surface area (Å²) in [4.78, 5) is 35.6. The highest BCUT2D eigenvalue weighted by atomic mass is 16.6. The number of hydrogen-bond acceptors (Lipinski definition) is 9. The van der Waals surface area contributed by atoms with Crippen molar-refractivity contribution in [1.29, 1.82) is 0 Å². The van der Waals surface area contributed by atoms with E-state index in [9.17, 15) is 19.5 Å². The molecule has 230 valence electrons. The number of nitrogens with zero attached hydrogens (tertiary/aromatic N) is 1. The van der Waals surface area contributed by atoms with Gasteiger partial charge in [-0.1, -0.05) is 30.7 Å². The summed E-state index contributed by atoms with van der Waals surface area (Å²) in [5.41, 5.74) is 3.09. The van der Waals surface area contributed by atoms with E-state index in [1.807, 2.05) is 26.0 Å². The van der Waals surface area contributed by atoms with E-state index >= 15 is 0 Å². The fourth-order valence-corrected chi connectivity index (χ4v) is 5.39. The van der Waals surface area contributed by atoms with Gasteiger partial charge in [0, 0.05) is 33.5 Å². The van der Waals surface area contributed by atoms with Crippen LogP contribution in [0.25, 0.3) is 0 Å². The zero-order valence-corrected chi connectivity index (χ0v) is 25.3. The maximum atomic E-state index is 12.4. The number of hydrazine groups is 1. The SMILES string of the molecule is CC(=O)OC(C)C=CC(=O)NC1CC(C)C(CC=C(C)C=CC2OC(CC(=O)NN(C)C)CC3(CO3)C2O)OC1C. The molecule has 41 heavy (non-hydrogen) atoms. The molecule has 2 amide bonds. The number of carbonyl (C=O) groups excluding carboxylic acids is 3. The Morgan fingerprint density at radius 3 is 2.51 bits per heavy atom. The van der Waals surface area contributed by atoms with Gasteiger partial charge in [-0.15, -0.1) is 0 Å². The summed E-state index contributed by atoms with van der Waals surface area (Å²) in [7, 11) is 3.50. The van der Waals surface area contributed by atoms with E-state index in [4.69, 9.17) is 18.9 Å². The fourth-order valence-electron chi connectivity index (χ4n) is 5.39. The summed E-state index contributed by atoms with van der Waals surface area (Å²) >= 11 is 0. The molecule has 0 aromatic carbocycles. The van der Waals surface area contributed by atoms with Crippen LogP contribution in [0, 0.1) is 5.92 Å². The zero-order chi connectivity index (χ0) is 30.3. The van der Waals surface area contributed by atoms with Gasteiger partial charge in [0.25, 0.3) is 0 Å². The smallest absolute Gasteiger partial charge is 0.303 e. The van der Waals surface area contributed by atoms with E-state index < -0.39 is 29.9 Å². The minimum absolute atomic E-state index is 0.000256. The second kappa shape index (κ2) is 14.6. The molecule has 9 atom stereocenters. The van der Waals surface area contributed by atoms with Crippen molar-refractivity contribution in [3.63, 3.8) is 0 Å². The summed E-state index contributed by atoms with van der Waals surface area (Å²) in [5, 5.41) is 15.4. The fraction of sp³-hybridized carbons (Fsp3) is 0.700. The Morgan fingerprint density at radius 2 is 1.88 bits per heavy atom. The van der Waals surface area contributed by atoms with Gasteiger partial charge in [-0.2, -0.15) is 0 Å². The van der Waals surface area contributed by atoms with Crippen LogP contribution in [-0.4, -0.2) is 96.9 Å². The quantitative estimate of drug-likeness (QED) is 0.111. The van der Waals surface area contributed by atoms with Gasteiger partial charge in [0.15, 0.2) is 0 Å². The minimum Gasteiger partial charge on any atom is -0.459 e. The summed E-state index contributed by atoms with van der Waals surface area (Å²) in [5.74, 6) is -0.568. The van der Waals surface area contributed by atoms with Gasteiger partial charge in [-0.25, -0.2) is 5.01 Å². The normalized spacial score (nSPS) is 34.7. The standard InChI is InChI=1S/C30H47N3O8/c1-18(9-12-26-29(37)30(17-38-30)16-23(41-26)15-28(36)32-33(6)7)8-11-25-19(2)14-24(21(4)40-25)31-27(35)13-10-20(3)39-22(5)34/h8-10,12-13,19-21,23-26,29,37H,11,14-17H2,1-7H3,(H,31,35)(H,32,36). The van der Waals surface area contributed by atoms with Crippen molar-refractivity contribution in [3.05, 3.63) is 36.0 Å². The van der Waals surface area contributed by atoms with Crippen LogP contribution in [0.2, 0.25) is 0 Å². The monoisotopic (exact) mass is 577 g/mol. The molecule has 1 spiro atoms. The first-order chi connectivity index (χ1) is 19.3. The van der Waals surface area contributed by atoms with Crippen LogP contribution in [0.3, 0.4) is 0 Å². The minimum atomic E-state index is -0.797. The topological polar surface area (TPSA) is 139 Å². The third kappa shape index (κ3) is 10.0. The molecule has 3 aliphatic heterocycles. The number of allylic oxidation sites excluding steroid dienone is 2. The van der Waals surface area contributed by atoms with Crippen molar-refractivity contribution in [1.82, 2.24) is 15.8 Å². The predicted molar refractivity (Wildman–Crippen MR) is 152 cm³/mol. The molecule has 11 heteroatoms. The van der Waals surface area contributed by atoms with Crippen LogP contribution in [0.4, 0.5) is 0 Å². The molecule has 11 nitrogen and oxygen atoms in total. The second-order valence-electron chi connectivity index (χ2n) is 11.8. The van der Waals surface area contributed by atoms with Crippen LogP contribution in [0.5, 0.6) is 0 Å². The van der Waals surface area contributed by atoms with Crippen molar-refractivity contribution in [2.45, 2.75) is 109 Å². The molecule has 3 heterocycles. The Morgan fingerprint density at radius 1 is 1.17 bits per heavy atom. The highest BCUT2D eigenvalue weighted by Crippen LogP contribution is 2.43. The molecule has 0 radical (unpaired) electrons. The summed E-state index contributed by atoms with van der Waals surface area (Å²) in [6, 6.07) is -0.123. The van der Waals surface area contributed by atoms with Gasteiger partial charge in [0.05, 0.1) is 37.4 Å². The highest BCUT2D eigenvalue weighted by molar-refractivity contribution is 5.87. The van der Waals surface area contributed by atoms with Crippen LogP contribution >= 0.6 is 0 Å². The Labute approximate surface area is 243 Å². The van der Waals surface area contributed by atoms with Crippen molar-refractivity contribution in [2.24, 2.45) is 5.92 Å². The number of rotatable bonds is 11. The van der Waals surface area contributed by atoms with Crippen molar-refractivity contribution >= 4 is 17.8 Å². The van der Waals surface area contributed by atoms with Crippen LogP contribution in [0.15, 0.2) is 36.0 Å². The van der Waals surface area contributed by atoms with Crippen LogP contribution in [0.1, 0.15) is 60.3 Å². The average Bonchev–Trinajstić information content (AvgIpc) is 3.64. The van der Waals surface area contributed by atoms with Crippen LogP contribution in [-0.2, 0) is 33.3 Å². The predicted octanol–water partition coefficient (Wildman–Crippen LogP) is 1.96. The lowest BCUT2D eigenvalue weighted by Crippen LogP contribution is -2.51. The molecule has 3 fully saturated rings. The van der Waals surface area contributed by atoms with E-state index in [0.29, 0.717) is 19.4 Å². The number of esters is 1. The van der Waals surface area contributed by atoms with Crippen molar-refractivity contribution in [3.8, 4) is 0 Å². The number of aliphatic hydroxyl groups excluding tert-OH is 1. The Hall–Kier alpha value is -2.57.